The van der Waals surface area contributed by atoms with Crippen LogP contribution >= 0.6 is 0 Å². The van der Waals surface area contributed by atoms with E-state index < -0.39 is 0 Å². The second-order valence-corrected chi connectivity index (χ2v) is 6.56. The van der Waals surface area contributed by atoms with Crippen molar-refractivity contribution in [2.75, 3.05) is 6.54 Å². The molecular weight excluding hydrogens is 240 g/mol. The third-order valence-corrected chi connectivity index (χ3v) is 5.34. The van der Waals surface area contributed by atoms with Crippen LogP contribution in [0.1, 0.15) is 51.4 Å². The molecule has 1 aliphatic heterocycles. The van der Waals surface area contributed by atoms with Crippen molar-refractivity contribution < 1.29 is 9.90 Å². The standard InChI is InChI=1S/C15H26N2O2/c18-13-8-3-1-2-7-12(13)17-15(19)14-11-6-4-5-10(11)9-16-14/h10-14,16,18H,1-9H2,(H,17,19). The molecule has 19 heavy (non-hydrogen) atoms. The highest BCUT2D eigenvalue weighted by molar-refractivity contribution is 5.83. The van der Waals surface area contributed by atoms with Gasteiger partial charge in [0.25, 0.3) is 0 Å². The number of hydrogen-bond donors (Lipinski definition) is 3. The maximum Gasteiger partial charge on any atom is 0.237 e. The molecule has 4 nitrogen and oxygen atoms in total. The average Bonchev–Trinajstić information content (AvgIpc) is 2.93. The summed E-state index contributed by atoms with van der Waals surface area (Å²) in [4.78, 5) is 12.4. The Morgan fingerprint density at radius 3 is 2.79 bits per heavy atom. The third-order valence-electron chi connectivity index (χ3n) is 5.34. The lowest BCUT2D eigenvalue weighted by atomic mass is 9.93. The zero-order valence-electron chi connectivity index (χ0n) is 11.6. The van der Waals surface area contributed by atoms with Crippen molar-refractivity contribution in [2.24, 2.45) is 11.8 Å². The molecule has 3 rings (SSSR count). The molecule has 1 heterocycles. The number of carbonyl (C=O) groups excluding carboxylic acids is 1. The van der Waals surface area contributed by atoms with Crippen molar-refractivity contribution in [1.29, 1.82) is 0 Å². The van der Waals surface area contributed by atoms with Crippen LogP contribution in [0.3, 0.4) is 0 Å². The van der Waals surface area contributed by atoms with Crippen molar-refractivity contribution in [3.05, 3.63) is 0 Å². The molecule has 3 N–H and O–H groups in total. The fraction of sp³-hybridized carbons (Fsp3) is 0.933. The van der Waals surface area contributed by atoms with E-state index in [0.717, 1.165) is 32.2 Å². The maximum absolute atomic E-state index is 12.4. The highest BCUT2D eigenvalue weighted by Crippen LogP contribution is 2.37. The zero-order valence-corrected chi connectivity index (χ0v) is 11.6. The molecule has 0 aromatic carbocycles. The Bertz CT molecular complexity index is 334. The van der Waals surface area contributed by atoms with Gasteiger partial charge in [0.2, 0.25) is 5.91 Å². The predicted molar refractivity (Wildman–Crippen MR) is 73.6 cm³/mol. The Hall–Kier alpha value is -0.610. The molecule has 4 heteroatoms. The Morgan fingerprint density at radius 1 is 1.05 bits per heavy atom. The van der Waals surface area contributed by atoms with Crippen LogP contribution in [0, 0.1) is 11.8 Å². The maximum atomic E-state index is 12.4. The first-order chi connectivity index (χ1) is 9.25. The van der Waals surface area contributed by atoms with Gasteiger partial charge in [-0.2, -0.15) is 0 Å². The second kappa shape index (κ2) is 5.80. The number of rotatable bonds is 2. The van der Waals surface area contributed by atoms with E-state index in [2.05, 4.69) is 10.6 Å². The molecule has 0 aromatic rings. The number of amides is 1. The molecule has 5 unspecified atom stereocenters. The van der Waals surface area contributed by atoms with E-state index in [1.165, 1.54) is 25.7 Å². The van der Waals surface area contributed by atoms with E-state index in [1.54, 1.807) is 0 Å². The Labute approximate surface area is 115 Å². The van der Waals surface area contributed by atoms with Gasteiger partial charge in [-0.3, -0.25) is 4.79 Å². The molecular formula is C15H26N2O2. The van der Waals surface area contributed by atoms with Crippen LogP contribution in [0.2, 0.25) is 0 Å². The molecule has 0 aromatic heterocycles. The van der Waals surface area contributed by atoms with Gasteiger partial charge in [-0.05, 0) is 44.1 Å². The summed E-state index contributed by atoms with van der Waals surface area (Å²) in [5, 5.41) is 16.6. The summed E-state index contributed by atoms with van der Waals surface area (Å²) in [7, 11) is 0. The number of fused-ring (bicyclic) bond motifs is 1. The molecule has 5 atom stereocenters. The van der Waals surface area contributed by atoms with Crippen molar-refractivity contribution >= 4 is 5.91 Å². The summed E-state index contributed by atoms with van der Waals surface area (Å²) in [6.07, 6.45) is 8.50. The van der Waals surface area contributed by atoms with Gasteiger partial charge in [0.1, 0.15) is 0 Å². The van der Waals surface area contributed by atoms with Gasteiger partial charge in [-0.25, -0.2) is 0 Å². The summed E-state index contributed by atoms with van der Waals surface area (Å²) < 4.78 is 0. The SMILES string of the molecule is O=C(NC1CCCCCC1O)C1NCC2CCCC21. The average molecular weight is 266 g/mol. The quantitative estimate of drug-likeness (QED) is 0.658. The van der Waals surface area contributed by atoms with Crippen LogP contribution in [0.4, 0.5) is 0 Å². The first-order valence-corrected chi connectivity index (χ1v) is 7.97. The third kappa shape index (κ3) is 2.79. The fourth-order valence-corrected chi connectivity index (χ4v) is 4.20. The molecule has 0 spiro atoms. The minimum Gasteiger partial charge on any atom is -0.391 e. The number of hydrogen-bond acceptors (Lipinski definition) is 3. The molecule has 2 saturated carbocycles. The van der Waals surface area contributed by atoms with E-state index in [-0.39, 0.29) is 24.1 Å². The van der Waals surface area contributed by atoms with Crippen LogP contribution < -0.4 is 10.6 Å². The first kappa shape index (κ1) is 13.4. The smallest absolute Gasteiger partial charge is 0.237 e. The molecule has 3 fully saturated rings. The van der Waals surface area contributed by atoms with E-state index >= 15 is 0 Å². The van der Waals surface area contributed by atoms with Gasteiger partial charge in [0, 0.05) is 0 Å². The van der Waals surface area contributed by atoms with Gasteiger partial charge in [0.15, 0.2) is 0 Å². The van der Waals surface area contributed by atoms with Crippen LogP contribution in [0.15, 0.2) is 0 Å². The first-order valence-electron chi connectivity index (χ1n) is 7.97. The summed E-state index contributed by atoms with van der Waals surface area (Å²) in [5.41, 5.74) is 0. The summed E-state index contributed by atoms with van der Waals surface area (Å²) in [5.74, 6) is 1.36. The van der Waals surface area contributed by atoms with Gasteiger partial charge >= 0.3 is 0 Å². The zero-order chi connectivity index (χ0) is 13.2. The molecule has 0 bridgehead atoms. The van der Waals surface area contributed by atoms with Crippen LogP contribution in [0.5, 0.6) is 0 Å². The lowest BCUT2D eigenvalue weighted by molar-refractivity contribution is -0.125. The monoisotopic (exact) mass is 266 g/mol. The van der Waals surface area contributed by atoms with Gasteiger partial charge in [-0.1, -0.05) is 25.7 Å². The van der Waals surface area contributed by atoms with Crippen molar-refractivity contribution in [2.45, 2.75) is 69.6 Å². The Balaban J connectivity index is 1.58. The molecule has 1 amide bonds. The Morgan fingerprint density at radius 2 is 1.89 bits per heavy atom. The van der Waals surface area contributed by atoms with Gasteiger partial charge < -0.3 is 15.7 Å². The number of nitrogens with one attached hydrogen (secondary N) is 2. The number of aliphatic hydroxyl groups excluding tert-OH is 1. The summed E-state index contributed by atoms with van der Waals surface area (Å²) in [6, 6.07) is -0.0415. The Kier molecular flexibility index (Phi) is 4.08. The largest absolute Gasteiger partial charge is 0.391 e. The van der Waals surface area contributed by atoms with Crippen molar-refractivity contribution in [1.82, 2.24) is 10.6 Å². The second-order valence-electron chi connectivity index (χ2n) is 6.56. The van der Waals surface area contributed by atoms with E-state index in [0.29, 0.717) is 11.8 Å². The van der Waals surface area contributed by atoms with Crippen molar-refractivity contribution in [3.63, 3.8) is 0 Å². The van der Waals surface area contributed by atoms with E-state index in [9.17, 15) is 9.90 Å². The minimum absolute atomic E-state index is 0.0112. The highest BCUT2D eigenvalue weighted by Gasteiger charge is 2.43. The van der Waals surface area contributed by atoms with Crippen LogP contribution in [-0.4, -0.2) is 35.7 Å². The molecule has 3 aliphatic rings. The molecule has 1 saturated heterocycles. The normalized spacial score (nSPS) is 42.7. The van der Waals surface area contributed by atoms with Gasteiger partial charge in [0.05, 0.1) is 18.2 Å². The predicted octanol–water partition coefficient (Wildman–Crippen LogP) is 1.18. The minimum atomic E-state index is -0.354. The highest BCUT2D eigenvalue weighted by atomic mass is 16.3. The lowest BCUT2D eigenvalue weighted by Gasteiger charge is -2.25. The van der Waals surface area contributed by atoms with E-state index in [4.69, 9.17) is 0 Å². The van der Waals surface area contributed by atoms with Crippen LogP contribution in [0.25, 0.3) is 0 Å². The number of aliphatic hydroxyl groups is 1. The molecule has 0 radical (unpaired) electrons. The number of carbonyl (C=O) groups is 1. The fourth-order valence-electron chi connectivity index (χ4n) is 4.20. The van der Waals surface area contributed by atoms with Gasteiger partial charge in [-0.15, -0.1) is 0 Å². The lowest BCUT2D eigenvalue weighted by Crippen LogP contribution is -2.51. The molecule has 108 valence electrons. The van der Waals surface area contributed by atoms with Crippen LogP contribution in [-0.2, 0) is 4.79 Å². The van der Waals surface area contributed by atoms with E-state index in [1.807, 2.05) is 0 Å². The summed E-state index contributed by atoms with van der Waals surface area (Å²) >= 11 is 0. The molecule has 2 aliphatic carbocycles. The summed E-state index contributed by atoms with van der Waals surface area (Å²) in [6.45, 7) is 0.996. The van der Waals surface area contributed by atoms with Crippen molar-refractivity contribution in [3.8, 4) is 0 Å². The topological polar surface area (TPSA) is 61.4 Å².